The molecule has 0 fully saturated rings. The normalized spacial score (nSPS) is 13.8. The van der Waals surface area contributed by atoms with Crippen LogP contribution < -0.4 is 10.5 Å². The molecular weight excluding hydrogens is 476 g/mol. The lowest BCUT2D eigenvalue weighted by atomic mass is 9.89. The van der Waals surface area contributed by atoms with Gasteiger partial charge in [-0.2, -0.15) is 0 Å². The Hall–Kier alpha value is -4.65. The number of H-pyrrole nitrogens is 1. The smallest absolute Gasteiger partial charge is 0.439 e. The van der Waals surface area contributed by atoms with Gasteiger partial charge in [0.15, 0.2) is 5.82 Å². The first-order valence-corrected chi connectivity index (χ1v) is 12.8. The van der Waals surface area contributed by atoms with Crippen LogP contribution >= 0.6 is 0 Å². The van der Waals surface area contributed by atoms with E-state index in [1.165, 1.54) is 5.56 Å². The molecule has 3 aromatic carbocycles. The Morgan fingerprint density at radius 1 is 1.03 bits per heavy atom. The van der Waals surface area contributed by atoms with Gasteiger partial charge in [-0.25, -0.2) is 9.78 Å². The molecule has 0 unspecified atom stereocenters. The molecule has 1 N–H and O–H groups in total. The summed E-state index contributed by atoms with van der Waals surface area (Å²) in [5.41, 5.74) is 8.12. The summed E-state index contributed by atoms with van der Waals surface area (Å²) in [6.45, 7) is 5.27. The van der Waals surface area contributed by atoms with Crippen LogP contribution in [-0.4, -0.2) is 19.7 Å². The van der Waals surface area contributed by atoms with Gasteiger partial charge >= 0.3 is 5.76 Å². The van der Waals surface area contributed by atoms with Crippen LogP contribution in [0.5, 0.6) is 5.75 Å². The fourth-order valence-electron chi connectivity index (χ4n) is 5.08. The third-order valence-electron chi connectivity index (χ3n) is 6.90. The molecule has 0 bridgehead atoms. The molecule has 1 aliphatic heterocycles. The van der Waals surface area contributed by atoms with Crippen LogP contribution in [0.25, 0.3) is 22.4 Å². The molecule has 1 aliphatic rings. The van der Waals surface area contributed by atoms with Gasteiger partial charge in [-0.05, 0) is 47.7 Å². The van der Waals surface area contributed by atoms with Crippen LogP contribution in [-0.2, 0) is 19.6 Å². The van der Waals surface area contributed by atoms with E-state index >= 15 is 0 Å². The second-order valence-electron chi connectivity index (χ2n) is 9.51. The number of hydrogen-bond donors (Lipinski definition) is 1. The van der Waals surface area contributed by atoms with Gasteiger partial charge in [0, 0.05) is 35.9 Å². The highest BCUT2D eigenvalue weighted by Gasteiger charge is 2.23. The highest BCUT2D eigenvalue weighted by atomic mass is 16.5. The molecule has 190 valence electrons. The first-order valence-electron chi connectivity index (χ1n) is 12.8. The first-order chi connectivity index (χ1) is 18.6. The van der Waals surface area contributed by atoms with E-state index in [0.717, 1.165) is 63.5 Å². The molecule has 0 amide bonds. The van der Waals surface area contributed by atoms with Crippen molar-refractivity contribution in [2.45, 2.75) is 39.8 Å². The van der Waals surface area contributed by atoms with E-state index < -0.39 is 5.76 Å². The summed E-state index contributed by atoms with van der Waals surface area (Å²) in [7, 11) is 0. The number of allylic oxidation sites excluding steroid dienone is 1. The second-order valence-corrected chi connectivity index (χ2v) is 9.51. The number of aryl methyl sites for hydroxylation is 1. The van der Waals surface area contributed by atoms with E-state index in [0.29, 0.717) is 19.0 Å². The Morgan fingerprint density at radius 3 is 2.63 bits per heavy atom. The zero-order valence-corrected chi connectivity index (χ0v) is 21.4. The molecule has 2 aromatic heterocycles. The zero-order chi connectivity index (χ0) is 26.1. The molecule has 0 radical (unpaired) electrons. The van der Waals surface area contributed by atoms with Gasteiger partial charge in [0.2, 0.25) is 0 Å². The Kier molecular flexibility index (Phi) is 6.25. The van der Waals surface area contributed by atoms with E-state index in [1.54, 1.807) is 0 Å². The summed E-state index contributed by atoms with van der Waals surface area (Å²) in [5, 5.41) is 3.94. The van der Waals surface area contributed by atoms with Crippen LogP contribution in [0.15, 0.2) is 88.3 Å². The lowest BCUT2D eigenvalue weighted by Gasteiger charge is -2.15. The fraction of sp³-hybridized carbons (Fsp3) is 0.194. The minimum atomic E-state index is -0.577. The van der Waals surface area contributed by atoms with Gasteiger partial charge in [-0.3, -0.25) is 9.51 Å². The maximum atomic E-state index is 11.7. The molecule has 5 aromatic rings. The summed E-state index contributed by atoms with van der Waals surface area (Å²) < 4.78 is 13.3. The Labute approximate surface area is 220 Å². The quantitative estimate of drug-likeness (QED) is 0.302. The number of imidazole rings is 1. The fourth-order valence-corrected chi connectivity index (χ4v) is 5.08. The minimum absolute atomic E-state index is 0.410. The lowest BCUT2D eigenvalue weighted by molar-refractivity contribution is 0.307. The Morgan fingerprint density at radius 2 is 1.84 bits per heavy atom. The number of ether oxygens (including phenoxy) is 1. The number of aromatic nitrogens is 4. The predicted molar refractivity (Wildman–Crippen MR) is 147 cm³/mol. The van der Waals surface area contributed by atoms with Crippen molar-refractivity contribution >= 4 is 11.1 Å². The van der Waals surface area contributed by atoms with Crippen molar-refractivity contribution in [3.63, 3.8) is 0 Å². The minimum Gasteiger partial charge on any atom is -0.488 e. The van der Waals surface area contributed by atoms with E-state index in [-0.39, 0.29) is 0 Å². The number of rotatable bonds is 6. The maximum absolute atomic E-state index is 11.7. The molecule has 0 saturated heterocycles. The Balaban J connectivity index is 1.42. The van der Waals surface area contributed by atoms with Gasteiger partial charge in [-0.15, -0.1) is 0 Å². The molecular formula is C31H28N4O3. The van der Waals surface area contributed by atoms with Crippen LogP contribution in [0.4, 0.5) is 0 Å². The lowest BCUT2D eigenvalue weighted by Crippen LogP contribution is -2.06. The van der Waals surface area contributed by atoms with Crippen molar-refractivity contribution in [2.75, 3.05) is 0 Å². The number of nitrogens with one attached hydrogen (secondary N) is 1. The molecule has 3 heterocycles. The summed E-state index contributed by atoms with van der Waals surface area (Å²) in [5.74, 6) is 1.70. The zero-order valence-electron chi connectivity index (χ0n) is 21.4. The summed E-state index contributed by atoms with van der Waals surface area (Å²) in [6, 6.07) is 24.7. The molecule has 38 heavy (non-hydrogen) atoms. The van der Waals surface area contributed by atoms with Crippen molar-refractivity contribution in [1.82, 2.24) is 19.7 Å². The molecule has 0 spiro atoms. The monoisotopic (exact) mass is 504 g/mol. The van der Waals surface area contributed by atoms with Crippen molar-refractivity contribution in [3.8, 4) is 17.0 Å². The molecule has 0 saturated carbocycles. The van der Waals surface area contributed by atoms with Gasteiger partial charge in [0.05, 0.1) is 5.69 Å². The van der Waals surface area contributed by atoms with Gasteiger partial charge < -0.3 is 9.30 Å². The Bertz CT molecular complexity index is 1690. The summed E-state index contributed by atoms with van der Waals surface area (Å²) in [6.07, 6.45) is 4.09. The number of para-hydroxylation sites is 1. The number of fused-ring (bicyclic) bond motifs is 2. The summed E-state index contributed by atoms with van der Waals surface area (Å²) >= 11 is 0. The van der Waals surface area contributed by atoms with Gasteiger partial charge in [0.1, 0.15) is 18.2 Å². The second kappa shape index (κ2) is 10.0. The number of aromatic amines is 1. The van der Waals surface area contributed by atoms with Crippen LogP contribution in [0.2, 0.25) is 0 Å². The average molecular weight is 505 g/mol. The van der Waals surface area contributed by atoms with E-state index in [2.05, 4.69) is 58.2 Å². The molecule has 7 heteroatoms. The molecule has 6 rings (SSSR count). The summed E-state index contributed by atoms with van der Waals surface area (Å²) in [4.78, 5) is 19.3. The SMILES string of the molecule is CCCc1nc(-c2ccccc2)cn1Cc1ccc2c(c1)COc1ccccc1/C2=C(\C)c1noc(=O)[nH]1. The average Bonchev–Trinajstić information content (AvgIpc) is 3.51. The number of benzene rings is 3. The third kappa shape index (κ3) is 4.47. The third-order valence-corrected chi connectivity index (χ3v) is 6.90. The van der Waals surface area contributed by atoms with Crippen molar-refractivity contribution < 1.29 is 9.26 Å². The van der Waals surface area contributed by atoms with E-state index in [4.69, 9.17) is 14.2 Å². The number of nitrogens with zero attached hydrogens (tertiary/aromatic N) is 3. The molecule has 0 aliphatic carbocycles. The highest BCUT2D eigenvalue weighted by Crippen LogP contribution is 2.40. The van der Waals surface area contributed by atoms with Crippen molar-refractivity contribution in [2.24, 2.45) is 0 Å². The van der Waals surface area contributed by atoms with Gasteiger partial charge in [-0.1, -0.05) is 72.7 Å². The van der Waals surface area contributed by atoms with Crippen LogP contribution in [0.1, 0.15) is 54.2 Å². The maximum Gasteiger partial charge on any atom is 0.439 e. The first kappa shape index (κ1) is 23.7. The standard InChI is InChI=1S/C31H28N4O3/c1-3-9-28-32-26(22-10-5-4-6-11-22)18-35(28)17-21-14-15-24-23(16-21)19-37-27-13-8-7-12-25(27)29(24)20(2)30-33-31(36)38-34-30/h4-8,10-16,18H,3,9,17,19H2,1-2H3,(H,33,34,36)/b29-20+. The van der Waals surface area contributed by atoms with Crippen molar-refractivity contribution in [3.05, 3.63) is 123 Å². The largest absolute Gasteiger partial charge is 0.488 e. The highest BCUT2D eigenvalue weighted by molar-refractivity contribution is 5.99. The topological polar surface area (TPSA) is 85.9 Å². The molecule has 0 atom stereocenters. The van der Waals surface area contributed by atoms with Crippen LogP contribution in [0.3, 0.4) is 0 Å². The predicted octanol–water partition coefficient (Wildman–Crippen LogP) is 6.10. The van der Waals surface area contributed by atoms with Crippen LogP contribution in [0, 0.1) is 0 Å². The van der Waals surface area contributed by atoms with E-state index in [9.17, 15) is 4.79 Å². The van der Waals surface area contributed by atoms with Crippen molar-refractivity contribution in [1.29, 1.82) is 0 Å². The van der Waals surface area contributed by atoms with E-state index in [1.807, 2.05) is 49.4 Å². The van der Waals surface area contributed by atoms with Gasteiger partial charge in [0.25, 0.3) is 0 Å². The number of hydrogen-bond acceptors (Lipinski definition) is 5. The molecule has 7 nitrogen and oxygen atoms in total.